The average molecular weight is 328 g/mol. The Balaban J connectivity index is 2.25. The molecule has 0 aromatic carbocycles. The van der Waals surface area contributed by atoms with Gasteiger partial charge in [0.2, 0.25) is 0 Å². The lowest BCUT2D eigenvalue weighted by atomic mass is 10.1. The van der Waals surface area contributed by atoms with E-state index in [9.17, 15) is 13.9 Å². The number of aliphatic hydroxyl groups excluding tert-OH is 1. The molecule has 0 radical (unpaired) electrons. The molecule has 2 rings (SSSR count). The third kappa shape index (κ3) is 4.35. The topological polar surface area (TPSA) is 58.0 Å². The molecule has 0 saturated heterocycles. The Morgan fingerprint density at radius 1 is 1.27 bits per heavy atom. The zero-order valence-corrected chi connectivity index (χ0v) is 12.7. The summed E-state index contributed by atoms with van der Waals surface area (Å²) in [7, 11) is 0. The number of alkyl halides is 2. The number of halogens is 3. The van der Waals surface area contributed by atoms with Crippen LogP contribution in [-0.2, 0) is 0 Å². The molecule has 2 aromatic heterocycles. The molecule has 0 bridgehead atoms. The van der Waals surface area contributed by atoms with Gasteiger partial charge in [-0.15, -0.1) is 0 Å². The van der Waals surface area contributed by atoms with Crippen molar-refractivity contribution in [3.8, 4) is 11.3 Å². The third-order valence-corrected chi connectivity index (χ3v) is 3.27. The van der Waals surface area contributed by atoms with E-state index >= 15 is 0 Å². The first-order chi connectivity index (χ1) is 10.5. The van der Waals surface area contributed by atoms with Gasteiger partial charge in [0.25, 0.3) is 6.43 Å². The first-order valence-corrected chi connectivity index (χ1v) is 7.17. The summed E-state index contributed by atoms with van der Waals surface area (Å²) in [5.41, 5.74) is 1.75. The maximum Gasteiger partial charge on any atom is 0.265 e. The molecule has 0 aliphatic carbocycles. The zero-order chi connectivity index (χ0) is 16.1. The van der Waals surface area contributed by atoms with Gasteiger partial charge >= 0.3 is 0 Å². The minimum Gasteiger partial charge on any atom is -0.393 e. The van der Waals surface area contributed by atoms with E-state index in [2.05, 4.69) is 15.3 Å². The molecule has 4 nitrogen and oxygen atoms in total. The predicted molar refractivity (Wildman–Crippen MR) is 82.2 cm³/mol. The van der Waals surface area contributed by atoms with Crippen molar-refractivity contribution in [2.45, 2.75) is 25.9 Å². The van der Waals surface area contributed by atoms with Crippen LogP contribution in [-0.4, -0.2) is 27.7 Å². The van der Waals surface area contributed by atoms with E-state index < -0.39 is 12.5 Å². The maximum absolute atomic E-state index is 12.6. The average Bonchev–Trinajstić information content (AvgIpc) is 2.47. The van der Waals surface area contributed by atoms with E-state index in [0.29, 0.717) is 35.1 Å². The Morgan fingerprint density at radius 2 is 2.05 bits per heavy atom. The molecule has 0 saturated carbocycles. The van der Waals surface area contributed by atoms with Gasteiger partial charge in [-0.1, -0.05) is 11.6 Å². The van der Waals surface area contributed by atoms with Crippen LogP contribution in [0.25, 0.3) is 11.3 Å². The second kappa shape index (κ2) is 7.47. The lowest BCUT2D eigenvalue weighted by Gasteiger charge is -2.13. The van der Waals surface area contributed by atoms with Gasteiger partial charge < -0.3 is 10.4 Å². The quantitative estimate of drug-likeness (QED) is 0.790. The van der Waals surface area contributed by atoms with Gasteiger partial charge in [-0.3, -0.25) is 4.98 Å². The molecule has 0 spiro atoms. The molecular formula is C15H16ClF2N3O. The fourth-order valence-corrected chi connectivity index (χ4v) is 2.05. The fourth-order valence-electron chi connectivity index (χ4n) is 1.89. The van der Waals surface area contributed by atoms with E-state index in [-0.39, 0.29) is 5.56 Å². The zero-order valence-electron chi connectivity index (χ0n) is 11.9. The molecule has 2 N–H and O–H groups in total. The second-order valence-corrected chi connectivity index (χ2v) is 5.28. The Labute approximate surface area is 132 Å². The van der Waals surface area contributed by atoms with Gasteiger partial charge in [-0.05, 0) is 31.5 Å². The number of nitrogens with one attached hydrogen (secondary N) is 1. The van der Waals surface area contributed by atoms with E-state index in [1.54, 1.807) is 13.0 Å². The number of aliphatic hydroxyl groups is 1. The lowest BCUT2D eigenvalue weighted by molar-refractivity contribution is 0.151. The second-order valence-electron chi connectivity index (χ2n) is 4.89. The third-order valence-electron chi connectivity index (χ3n) is 3.06. The van der Waals surface area contributed by atoms with Gasteiger partial charge in [-0.25, -0.2) is 13.8 Å². The van der Waals surface area contributed by atoms with Crippen molar-refractivity contribution in [2.75, 3.05) is 11.9 Å². The van der Waals surface area contributed by atoms with Gasteiger partial charge in [0.1, 0.15) is 5.15 Å². The van der Waals surface area contributed by atoms with Crippen molar-refractivity contribution in [2.24, 2.45) is 0 Å². The summed E-state index contributed by atoms with van der Waals surface area (Å²) in [6, 6.07) is 4.50. The molecule has 7 heteroatoms. The van der Waals surface area contributed by atoms with Gasteiger partial charge in [-0.2, -0.15) is 0 Å². The number of pyridine rings is 2. The highest BCUT2D eigenvalue weighted by atomic mass is 35.5. The summed E-state index contributed by atoms with van der Waals surface area (Å²) in [4.78, 5) is 8.06. The molecular weight excluding hydrogens is 312 g/mol. The van der Waals surface area contributed by atoms with Crippen molar-refractivity contribution < 1.29 is 13.9 Å². The Morgan fingerprint density at radius 3 is 2.64 bits per heavy atom. The number of anilines is 1. The van der Waals surface area contributed by atoms with Crippen molar-refractivity contribution >= 4 is 17.3 Å². The fraction of sp³-hybridized carbons (Fsp3) is 0.333. The van der Waals surface area contributed by atoms with Crippen LogP contribution in [0.5, 0.6) is 0 Å². The normalized spacial score (nSPS) is 12.5. The van der Waals surface area contributed by atoms with Crippen LogP contribution in [0.3, 0.4) is 0 Å². The molecule has 0 aliphatic heterocycles. The Bertz CT molecular complexity index is 621. The highest BCUT2D eigenvalue weighted by Gasteiger charge is 2.11. The molecule has 0 unspecified atom stereocenters. The summed E-state index contributed by atoms with van der Waals surface area (Å²) < 4.78 is 25.1. The van der Waals surface area contributed by atoms with Crippen LogP contribution in [0.2, 0.25) is 5.15 Å². The number of hydrogen-bond acceptors (Lipinski definition) is 4. The highest BCUT2D eigenvalue weighted by Crippen LogP contribution is 2.29. The summed E-state index contributed by atoms with van der Waals surface area (Å²) in [6.45, 7) is 2.24. The largest absolute Gasteiger partial charge is 0.393 e. The van der Waals surface area contributed by atoms with Crippen LogP contribution in [0.1, 0.15) is 25.3 Å². The van der Waals surface area contributed by atoms with Crippen LogP contribution in [0.15, 0.2) is 30.6 Å². The molecule has 0 aliphatic rings. The Kier molecular flexibility index (Phi) is 5.63. The van der Waals surface area contributed by atoms with E-state index in [0.717, 1.165) is 6.20 Å². The molecule has 2 heterocycles. The predicted octanol–water partition coefficient (Wildman–Crippen LogP) is 3.92. The molecule has 0 fully saturated rings. The molecule has 0 amide bonds. The standard InChI is InChI=1S/C15H16ClF2N3O/c1-9(22)4-5-19-13-6-14(16)21-8-11(13)12-3-2-10(7-20-12)15(17)18/h2-3,6-9,15,22H,4-5H2,1H3,(H,19,21)/t9-/m1/s1. The van der Waals surface area contributed by atoms with Gasteiger partial charge in [0.05, 0.1) is 11.8 Å². The van der Waals surface area contributed by atoms with Crippen LogP contribution in [0, 0.1) is 0 Å². The lowest BCUT2D eigenvalue weighted by Crippen LogP contribution is -2.10. The van der Waals surface area contributed by atoms with Crippen molar-refractivity contribution in [1.82, 2.24) is 9.97 Å². The van der Waals surface area contributed by atoms with Crippen LogP contribution >= 0.6 is 11.6 Å². The van der Waals surface area contributed by atoms with Crippen molar-refractivity contribution in [1.29, 1.82) is 0 Å². The highest BCUT2D eigenvalue weighted by molar-refractivity contribution is 6.29. The molecule has 1 atom stereocenters. The number of rotatable bonds is 6. The monoisotopic (exact) mass is 327 g/mol. The van der Waals surface area contributed by atoms with Gasteiger partial charge in [0.15, 0.2) is 0 Å². The van der Waals surface area contributed by atoms with Crippen molar-refractivity contribution in [3.05, 3.63) is 41.3 Å². The molecule has 2 aromatic rings. The number of hydrogen-bond donors (Lipinski definition) is 2. The number of aromatic nitrogens is 2. The first kappa shape index (κ1) is 16.6. The summed E-state index contributed by atoms with van der Waals surface area (Å²) in [6.07, 6.45) is 0.285. The first-order valence-electron chi connectivity index (χ1n) is 6.79. The number of nitrogens with zero attached hydrogens (tertiary/aromatic N) is 2. The van der Waals surface area contributed by atoms with E-state index in [1.165, 1.54) is 18.3 Å². The van der Waals surface area contributed by atoms with Gasteiger partial charge in [0, 0.05) is 35.8 Å². The SMILES string of the molecule is C[C@@H](O)CCNc1cc(Cl)ncc1-c1ccc(C(F)F)cn1. The van der Waals surface area contributed by atoms with Crippen LogP contribution < -0.4 is 5.32 Å². The maximum atomic E-state index is 12.6. The van der Waals surface area contributed by atoms with Crippen LogP contribution in [0.4, 0.5) is 14.5 Å². The van der Waals surface area contributed by atoms with E-state index in [4.69, 9.17) is 11.6 Å². The van der Waals surface area contributed by atoms with E-state index in [1.807, 2.05) is 0 Å². The smallest absolute Gasteiger partial charge is 0.265 e. The van der Waals surface area contributed by atoms with Crippen molar-refractivity contribution in [3.63, 3.8) is 0 Å². The minimum atomic E-state index is -2.55. The minimum absolute atomic E-state index is 0.130. The molecule has 118 valence electrons. The summed E-state index contributed by atoms with van der Waals surface area (Å²) in [5.74, 6) is 0. The summed E-state index contributed by atoms with van der Waals surface area (Å²) >= 11 is 5.89. The molecule has 22 heavy (non-hydrogen) atoms. The summed E-state index contributed by atoms with van der Waals surface area (Å²) in [5, 5.41) is 12.8. The Hall–Kier alpha value is -1.79.